The Morgan fingerprint density at radius 1 is 0.923 bits per heavy atom. The molecule has 0 saturated carbocycles. The molecule has 4 aromatic rings. The molecule has 0 bridgehead atoms. The molecular formula is C28H28ClF2N7S. The van der Waals surface area contributed by atoms with Gasteiger partial charge in [0.1, 0.15) is 11.4 Å². The van der Waals surface area contributed by atoms with Crippen molar-refractivity contribution in [1.82, 2.24) is 24.4 Å². The predicted octanol–water partition coefficient (Wildman–Crippen LogP) is 6.01. The Kier molecular flexibility index (Phi) is 7.69. The minimum absolute atomic E-state index is 0.279. The van der Waals surface area contributed by atoms with E-state index in [4.69, 9.17) is 16.7 Å². The highest BCUT2D eigenvalue weighted by molar-refractivity contribution is 7.98. The van der Waals surface area contributed by atoms with Crippen molar-refractivity contribution >= 4 is 35.1 Å². The molecule has 4 heterocycles. The highest BCUT2D eigenvalue weighted by atomic mass is 35.5. The molecule has 7 nitrogen and oxygen atoms in total. The Morgan fingerprint density at radius 2 is 1.69 bits per heavy atom. The molecule has 2 aromatic heterocycles. The van der Waals surface area contributed by atoms with Crippen LogP contribution in [0.15, 0.2) is 61.1 Å². The van der Waals surface area contributed by atoms with Gasteiger partial charge in [0.15, 0.2) is 11.6 Å². The first-order chi connectivity index (χ1) is 19.1. The van der Waals surface area contributed by atoms with Crippen LogP contribution in [-0.4, -0.2) is 58.3 Å². The molecule has 0 unspecified atom stereocenters. The third-order valence-corrected chi connectivity index (χ3v) is 8.16. The van der Waals surface area contributed by atoms with Crippen LogP contribution in [0, 0.1) is 11.6 Å². The van der Waals surface area contributed by atoms with Crippen molar-refractivity contribution in [3.63, 3.8) is 0 Å². The Morgan fingerprint density at radius 3 is 2.44 bits per heavy atom. The zero-order chi connectivity index (χ0) is 26.8. The fourth-order valence-electron chi connectivity index (χ4n) is 4.97. The lowest BCUT2D eigenvalue weighted by Gasteiger charge is -2.29. The molecule has 202 valence electrons. The summed E-state index contributed by atoms with van der Waals surface area (Å²) in [6, 6.07) is 11.9. The molecular weight excluding hydrogens is 540 g/mol. The van der Waals surface area contributed by atoms with Gasteiger partial charge in [-0.1, -0.05) is 11.6 Å². The molecule has 0 aliphatic carbocycles. The summed E-state index contributed by atoms with van der Waals surface area (Å²) in [5, 5.41) is 8.41. The van der Waals surface area contributed by atoms with Gasteiger partial charge in [0.2, 0.25) is 0 Å². The quantitative estimate of drug-likeness (QED) is 0.265. The van der Waals surface area contributed by atoms with E-state index in [1.165, 1.54) is 22.9 Å². The van der Waals surface area contributed by atoms with Crippen molar-refractivity contribution in [2.45, 2.75) is 12.8 Å². The second kappa shape index (κ2) is 11.5. The summed E-state index contributed by atoms with van der Waals surface area (Å²) in [6.07, 6.45) is 7.20. The summed E-state index contributed by atoms with van der Waals surface area (Å²) < 4.78 is 38.2. The van der Waals surface area contributed by atoms with E-state index >= 15 is 8.78 Å². The van der Waals surface area contributed by atoms with E-state index in [0.717, 1.165) is 63.4 Å². The van der Waals surface area contributed by atoms with Crippen LogP contribution >= 0.6 is 23.7 Å². The molecule has 39 heavy (non-hydrogen) atoms. The van der Waals surface area contributed by atoms with Gasteiger partial charge >= 0.3 is 0 Å². The number of piperazine rings is 1. The van der Waals surface area contributed by atoms with Crippen LogP contribution in [-0.2, 0) is 0 Å². The van der Waals surface area contributed by atoms with E-state index in [1.54, 1.807) is 48.9 Å². The monoisotopic (exact) mass is 567 g/mol. The summed E-state index contributed by atoms with van der Waals surface area (Å²) in [4.78, 5) is 6.25. The second-order valence-corrected chi connectivity index (χ2v) is 10.9. The van der Waals surface area contributed by atoms with Crippen molar-refractivity contribution in [3.8, 4) is 28.1 Å². The number of rotatable bonds is 7. The summed E-state index contributed by atoms with van der Waals surface area (Å²) in [5.74, 6) is -0.854. The van der Waals surface area contributed by atoms with E-state index in [2.05, 4.69) is 24.2 Å². The summed E-state index contributed by atoms with van der Waals surface area (Å²) in [6.45, 7) is 5.25. The molecule has 2 aromatic carbocycles. The fraction of sp³-hybridized carbons (Fsp3) is 0.286. The van der Waals surface area contributed by atoms with Gasteiger partial charge in [0.25, 0.3) is 0 Å². The summed E-state index contributed by atoms with van der Waals surface area (Å²) in [7, 11) is 0. The summed E-state index contributed by atoms with van der Waals surface area (Å²) in [5.41, 5.74) is 3.41. The van der Waals surface area contributed by atoms with Crippen LogP contribution in [0.25, 0.3) is 28.1 Å². The zero-order valence-electron chi connectivity index (χ0n) is 21.2. The largest absolute Gasteiger partial charge is 0.369 e. The highest BCUT2D eigenvalue weighted by Crippen LogP contribution is 2.39. The molecule has 0 radical (unpaired) electrons. The molecule has 2 aliphatic heterocycles. The van der Waals surface area contributed by atoms with Gasteiger partial charge in [-0.2, -0.15) is 5.10 Å². The normalized spacial score (nSPS) is 16.1. The first-order valence-corrected chi connectivity index (χ1v) is 14.1. The van der Waals surface area contributed by atoms with Gasteiger partial charge in [-0.25, -0.2) is 17.8 Å². The van der Waals surface area contributed by atoms with Crippen LogP contribution in [0.2, 0.25) is 5.02 Å². The average molecular weight is 568 g/mol. The van der Waals surface area contributed by atoms with Crippen LogP contribution in [0.1, 0.15) is 12.8 Å². The Bertz CT molecular complexity index is 1450. The van der Waals surface area contributed by atoms with Crippen LogP contribution in [0.3, 0.4) is 0 Å². The van der Waals surface area contributed by atoms with Crippen LogP contribution in [0.5, 0.6) is 0 Å². The summed E-state index contributed by atoms with van der Waals surface area (Å²) >= 11 is 7.85. The fourth-order valence-corrected chi connectivity index (χ4v) is 6.01. The Hall–Kier alpha value is -3.18. The van der Waals surface area contributed by atoms with E-state index in [1.807, 2.05) is 6.07 Å². The lowest BCUT2D eigenvalue weighted by atomic mass is 10.0. The van der Waals surface area contributed by atoms with Gasteiger partial charge in [0.05, 0.1) is 5.69 Å². The van der Waals surface area contributed by atoms with Gasteiger partial charge in [0, 0.05) is 97.4 Å². The second-order valence-electron chi connectivity index (χ2n) is 9.59. The molecule has 0 spiro atoms. The molecule has 11 heteroatoms. The van der Waals surface area contributed by atoms with Crippen LogP contribution in [0.4, 0.5) is 20.2 Å². The Labute approximate surface area is 235 Å². The number of nitrogens with one attached hydrogen (secondary N) is 2. The van der Waals surface area contributed by atoms with Crippen molar-refractivity contribution in [2.24, 2.45) is 0 Å². The number of hydrogen-bond donors (Lipinski definition) is 2. The molecule has 6 rings (SSSR count). The first-order valence-electron chi connectivity index (χ1n) is 13.0. The average Bonchev–Trinajstić information content (AvgIpc) is 3.65. The molecule has 0 amide bonds. The van der Waals surface area contributed by atoms with E-state index in [-0.39, 0.29) is 16.9 Å². The van der Waals surface area contributed by atoms with Crippen molar-refractivity contribution in [2.75, 3.05) is 48.9 Å². The number of aromatic nitrogens is 3. The number of anilines is 2. The van der Waals surface area contributed by atoms with E-state index in [9.17, 15) is 0 Å². The van der Waals surface area contributed by atoms with Crippen molar-refractivity contribution < 1.29 is 8.78 Å². The SMILES string of the molecule is Fc1cc(N2CCNCC2)ccc1-n1cc(-c2cc(Cl)cc(NSN3CCCC3)c2F)c(-c2ccncc2)n1. The topological polar surface area (TPSA) is 61.2 Å². The van der Waals surface area contributed by atoms with E-state index < -0.39 is 11.6 Å². The standard InChI is InChI=1S/C28H28ClF2N7S/c29-20-15-22(27(31)25(16-20)35-39-37-11-1-2-12-37)23-18-38(34-28(23)19-5-7-32-8-6-19)26-4-3-21(17-24(26)30)36-13-9-33-10-14-36/h3-8,15-18,33,35H,1-2,9-14H2. The number of nitrogens with zero attached hydrogens (tertiary/aromatic N) is 5. The molecule has 2 aliphatic rings. The van der Waals surface area contributed by atoms with Crippen molar-refractivity contribution in [3.05, 3.63) is 77.7 Å². The zero-order valence-corrected chi connectivity index (χ0v) is 22.8. The molecule has 2 fully saturated rings. The van der Waals surface area contributed by atoms with Gasteiger partial charge in [-0.3, -0.25) is 4.98 Å². The maximum Gasteiger partial charge on any atom is 0.155 e. The third-order valence-electron chi connectivity index (χ3n) is 7.01. The minimum atomic E-state index is -0.449. The minimum Gasteiger partial charge on any atom is -0.369 e. The highest BCUT2D eigenvalue weighted by Gasteiger charge is 2.22. The number of halogens is 3. The van der Waals surface area contributed by atoms with Crippen LogP contribution < -0.4 is 14.9 Å². The number of pyridine rings is 1. The lowest BCUT2D eigenvalue weighted by molar-refractivity contribution is 0.582. The maximum absolute atomic E-state index is 16.0. The first kappa shape index (κ1) is 26.1. The lowest BCUT2D eigenvalue weighted by Crippen LogP contribution is -2.43. The number of hydrogen-bond acceptors (Lipinski definition) is 7. The predicted molar refractivity (Wildman–Crippen MR) is 154 cm³/mol. The number of benzene rings is 2. The Balaban J connectivity index is 1.40. The molecule has 2 N–H and O–H groups in total. The smallest absolute Gasteiger partial charge is 0.155 e. The molecule has 0 atom stereocenters. The van der Waals surface area contributed by atoms with E-state index in [0.29, 0.717) is 16.3 Å². The van der Waals surface area contributed by atoms with Gasteiger partial charge in [-0.15, -0.1) is 0 Å². The third kappa shape index (κ3) is 5.60. The van der Waals surface area contributed by atoms with Crippen molar-refractivity contribution in [1.29, 1.82) is 0 Å². The van der Waals surface area contributed by atoms with Gasteiger partial charge in [-0.05, 0) is 55.3 Å². The molecule has 2 saturated heterocycles. The maximum atomic E-state index is 16.0. The van der Waals surface area contributed by atoms with Gasteiger partial charge < -0.3 is 14.9 Å².